The summed E-state index contributed by atoms with van der Waals surface area (Å²) in [6, 6.07) is 0. The minimum Gasteiger partial charge on any atom is -0.477 e. The van der Waals surface area contributed by atoms with Gasteiger partial charge in [0.15, 0.2) is 0 Å². The van der Waals surface area contributed by atoms with Crippen LogP contribution in [0.4, 0.5) is 0 Å². The number of allylic oxidation sites excluding steroid dienone is 2. The summed E-state index contributed by atoms with van der Waals surface area (Å²) in [6.07, 6.45) is 1.08. The van der Waals surface area contributed by atoms with Crippen molar-refractivity contribution in [3.05, 3.63) is 42.2 Å². The number of pyridine rings is 1. The lowest BCUT2D eigenvalue weighted by atomic mass is 9.97. The lowest BCUT2D eigenvalue weighted by Crippen LogP contribution is -2.33. The normalized spacial score (nSPS) is 14.6. The number of carboxylic acid groups (broad SMARTS) is 1. The number of ketones is 2. The molecular formula is C12H7Br2NO5. The van der Waals surface area contributed by atoms with Crippen LogP contribution >= 0.6 is 31.9 Å². The van der Waals surface area contributed by atoms with Gasteiger partial charge in [0.2, 0.25) is 17.0 Å². The van der Waals surface area contributed by atoms with E-state index in [1.54, 1.807) is 6.92 Å². The molecule has 8 heteroatoms. The van der Waals surface area contributed by atoms with E-state index in [9.17, 15) is 19.2 Å². The summed E-state index contributed by atoms with van der Waals surface area (Å²) >= 11 is 5.93. The van der Waals surface area contributed by atoms with E-state index >= 15 is 0 Å². The second kappa shape index (κ2) is 5.10. The molecule has 1 aromatic rings. The largest absolute Gasteiger partial charge is 0.477 e. The highest BCUT2D eigenvalue weighted by molar-refractivity contribution is 9.14. The molecule has 1 heterocycles. The van der Waals surface area contributed by atoms with Crippen LogP contribution in [0.3, 0.4) is 0 Å². The van der Waals surface area contributed by atoms with Crippen molar-refractivity contribution < 1.29 is 19.5 Å². The number of nitrogens with zero attached hydrogens (tertiary/aromatic N) is 1. The van der Waals surface area contributed by atoms with Crippen LogP contribution in [-0.2, 0) is 6.54 Å². The molecule has 1 aliphatic rings. The van der Waals surface area contributed by atoms with E-state index in [4.69, 9.17) is 5.11 Å². The van der Waals surface area contributed by atoms with E-state index in [-0.39, 0.29) is 21.2 Å². The van der Waals surface area contributed by atoms with Crippen molar-refractivity contribution >= 4 is 49.4 Å². The highest BCUT2D eigenvalue weighted by Crippen LogP contribution is 2.31. The predicted octanol–water partition coefficient (Wildman–Crippen LogP) is 1.95. The monoisotopic (exact) mass is 403 g/mol. The van der Waals surface area contributed by atoms with E-state index in [0.29, 0.717) is 0 Å². The molecule has 1 aliphatic carbocycles. The summed E-state index contributed by atoms with van der Waals surface area (Å²) in [7, 11) is 0. The summed E-state index contributed by atoms with van der Waals surface area (Å²) in [5, 5.41) is 9.01. The Morgan fingerprint density at radius 1 is 1.20 bits per heavy atom. The molecule has 0 unspecified atom stereocenters. The summed E-state index contributed by atoms with van der Waals surface area (Å²) in [6.45, 7) is 1.93. The molecule has 0 aromatic carbocycles. The van der Waals surface area contributed by atoms with Gasteiger partial charge in [-0.15, -0.1) is 0 Å². The molecule has 6 nitrogen and oxygen atoms in total. The van der Waals surface area contributed by atoms with Crippen molar-refractivity contribution in [1.82, 2.24) is 4.57 Å². The van der Waals surface area contributed by atoms with Crippen LogP contribution < -0.4 is 5.43 Å². The van der Waals surface area contributed by atoms with E-state index in [1.807, 2.05) is 0 Å². The van der Waals surface area contributed by atoms with Crippen molar-refractivity contribution in [1.29, 1.82) is 0 Å². The number of carbonyl (C=O) groups is 3. The van der Waals surface area contributed by atoms with Gasteiger partial charge in [0, 0.05) is 12.7 Å². The van der Waals surface area contributed by atoms with E-state index in [0.717, 1.165) is 6.20 Å². The van der Waals surface area contributed by atoms with Crippen LogP contribution in [0.15, 0.2) is 20.0 Å². The molecule has 104 valence electrons. The first-order valence-electron chi connectivity index (χ1n) is 5.46. The molecule has 0 fully saturated rings. The van der Waals surface area contributed by atoms with Crippen molar-refractivity contribution in [2.45, 2.75) is 13.5 Å². The number of halogens is 2. The molecule has 0 radical (unpaired) electrons. The van der Waals surface area contributed by atoms with Gasteiger partial charge in [-0.25, -0.2) is 4.79 Å². The number of carbonyl (C=O) groups excluding carboxylic acids is 2. The lowest BCUT2D eigenvalue weighted by molar-refractivity contribution is 0.0693. The van der Waals surface area contributed by atoms with Gasteiger partial charge in [0.25, 0.3) is 0 Å². The summed E-state index contributed by atoms with van der Waals surface area (Å²) in [5.74, 6) is -2.69. The second-order valence-electron chi connectivity index (χ2n) is 3.97. The number of Topliss-reactive ketones (excluding diaryl/α,β-unsaturated/α-hetero) is 2. The standard InChI is InChI=1S/C12H7Br2NO5/c1-2-15-3-4(12(19)20)9(16)5-8(15)11(18)7(14)6(13)10(5)17/h3H,2H2,1H3,(H,19,20). The number of aryl methyl sites for hydroxylation is 1. The maximum absolute atomic E-state index is 12.2. The smallest absolute Gasteiger partial charge is 0.341 e. The van der Waals surface area contributed by atoms with Crippen LogP contribution in [0.1, 0.15) is 38.1 Å². The summed E-state index contributed by atoms with van der Waals surface area (Å²) in [5.41, 5.74) is -1.99. The average molecular weight is 405 g/mol. The third-order valence-electron chi connectivity index (χ3n) is 2.89. The first kappa shape index (κ1) is 14.9. The van der Waals surface area contributed by atoms with Crippen LogP contribution in [-0.4, -0.2) is 27.2 Å². The molecule has 0 atom stereocenters. The number of rotatable bonds is 2. The van der Waals surface area contributed by atoms with Crippen LogP contribution in [0.25, 0.3) is 0 Å². The summed E-state index contributed by atoms with van der Waals surface area (Å²) < 4.78 is 1.22. The highest BCUT2D eigenvalue weighted by atomic mass is 79.9. The van der Waals surface area contributed by atoms with Gasteiger partial charge in [-0.1, -0.05) is 0 Å². The zero-order valence-corrected chi connectivity index (χ0v) is 13.2. The van der Waals surface area contributed by atoms with Crippen molar-refractivity contribution in [3.63, 3.8) is 0 Å². The third-order valence-corrected chi connectivity index (χ3v) is 4.93. The van der Waals surface area contributed by atoms with Gasteiger partial charge >= 0.3 is 5.97 Å². The fraction of sp³-hybridized carbons (Fsp3) is 0.167. The molecule has 1 N–H and O–H groups in total. The molecule has 0 aliphatic heterocycles. The van der Waals surface area contributed by atoms with Crippen molar-refractivity contribution in [2.24, 2.45) is 0 Å². The molecule has 0 bridgehead atoms. The molecule has 1 aromatic heterocycles. The molecule has 0 saturated carbocycles. The Hall–Kier alpha value is -1.54. The minimum absolute atomic E-state index is 0.0136. The topological polar surface area (TPSA) is 93.4 Å². The molecular weight excluding hydrogens is 398 g/mol. The van der Waals surface area contributed by atoms with Crippen LogP contribution in [0.2, 0.25) is 0 Å². The quantitative estimate of drug-likeness (QED) is 0.812. The first-order chi connectivity index (χ1) is 9.31. The van der Waals surface area contributed by atoms with Gasteiger partial charge in [-0.2, -0.15) is 0 Å². The zero-order valence-electron chi connectivity index (χ0n) is 10.1. The average Bonchev–Trinajstić information content (AvgIpc) is 2.41. The Kier molecular flexibility index (Phi) is 3.79. The first-order valence-corrected chi connectivity index (χ1v) is 7.05. The number of aromatic nitrogens is 1. The maximum atomic E-state index is 12.2. The molecule has 0 saturated heterocycles. The lowest BCUT2D eigenvalue weighted by Gasteiger charge is -2.19. The Balaban J connectivity index is 2.96. The predicted molar refractivity (Wildman–Crippen MR) is 76.9 cm³/mol. The number of fused-ring (bicyclic) bond motifs is 1. The SMILES string of the molecule is CCn1cc(C(=O)O)c(=O)c2c1C(=O)C(Br)=C(Br)C2=O. The van der Waals surface area contributed by atoms with Crippen molar-refractivity contribution in [3.8, 4) is 0 Å². The van der Waals surface area contributed by atoms with Gasteiger partial charge in [-0.3, -0.25) is 14.4 Å². The zero-order chi connectivity index (χ0) is 15.2. The summed E-state index contributed by atoms with van der Waals surface area (Å²) in [4.78, 5) is 47.5. The fourth-order valence-corrected chi connectivity index (χ4v) is 2.68. The van der Waals surface area contributed by atoms with Gasteiger partial charge in [-0.05, 0) is 38.8 Å². The molecule has 0 amide bonds. The minimum atomic E-state index is -1.44. The van der Waals surface area contributed by atoms with Crippen LogP contribution in [0.5, 0.6) is 0 Å². The number of hydrogen-bond donors (Lipinski definition) is 1. The fourth-order valence-electron chi connectivity index (χ4n) is 1.93. The molecule has 2 rings (SSSR count). The number of carboxylic acids is 1. The van der Waals surface area contributed by atoms with Crippen LogP contribution in [0, 0.1) is 0 Å². The Morgan fingerprint density at radius 2 is 1.75 bits per heavy atom. The Labute approximate surface area is 129 Å². The van der Waals surface area contributed by atoms with E-state index in [2.05, 4.69) is 31.9 Å². The maximum Gasteiger partial charge on any atom is 0.341 e. The van der Waals surface area contributed by atoms with E-state index < -0.39 is 34.1 Å². The van der Waals surface area contributed by atoms with Gasteiger partial charge < -0.3 is 9.67 Å². The van der Waals surface area contributed by atoms with Gasteiger partial charge in [0.1, 0.15) is 11.3 Å². The number of hydrogen-bond acceptors (Lipinski definition) is 4. The highest BCUT2D eigenvalue weighted by Gasteiger charge is 2.35. The number of aromatic carboxylic acids is 1. The van der Waals surface area contributed by atoms with E-state index in [1.165, 1.54) is 4.57 Å². The second-order valence-corrected chi connectivity index (χ2v) is 5.56. The molecule has 0 spiro atoms. The van der Waals surface area contributed by atoms with Crippen molar-refractivity contribution in [2.75, 3.05) is 0 Å². The Morgan fingerprint density at radius 3 is 2.25 bits per heavy atom. The third kappa shape index (κ3) is 1.99. The molecule has 20 heavy (non-hydrogen) atoms. The Bertz CT molecular complexity index is 760. The van der Waals surface area contributed by atoms with Gasteiger partial charge in [0.05, 0.1) is 14.5 Å².